The number of hydrogen-bond donors (Lipinski definition) is 1. The molecule has 1 unspecified atom stereocenters. The van der Waals surface area contributed by atoms with Gasteiger partial charge in [-0.05, 0) is 24.6 Å². The van der Waals surface area contributed by atoms with Crippen molar-refractivity contribution in [3.8, 4) is 0 Å². The molecule has 0 aliphatic heterocycles. The first-order valence-corrected chi connectivity index (χ1v) is 5.85. The first-order chi connectivity index (χ1) is 7.18. The summed E-state index contributed by atoms with van der Waals surface area (Å²) in [6, 6.07) is 7.50. The van der Waals surface area contributed by atoms with Crippen LogP contribution in [0, 0.1) is 6.92 Å². The monoisotopic (exact) mass is 238 g/mol. The van der Waals surface area contributed by atoms with Gasteiger partial charge in [-0.25, -0.2) is 4.98 Å². The summed E-state index contributed by atoms with van der Waals surface area (Å²) in [5, 5.41) is 0.713. The molecule has 2 rings (SSSR count). The van der Waals surface area contributed by atoms with Gasteiger partial charge in [0.25, 0.3) is 0 Å². The fourth-order valence-electron chi connectivity index (χ4n) is 1.46. The molecule has 1 heterocycles. The van der Waals surface area contributed by atoms with Gasteiger partial charge in [-0.15, -0.1) is 11.3 Å². The van der Waals surface area contributed by atoms with Crippen molar-refractivity contribution >= 4 is 22.9 Å². The molecule has 0 aliphatic carbocycles. The Labute approximate surface area is 97.7 Å². The number of aromatic nitrogens is 1. The predicted molar refractivity (Wildman–Crippen MR) is 64.3 cm³/mol. The predicted octanol–water partition coefficient (Wildman–Crippen LogP) is 3.15. The molecule has 4 heteroatoms. The lowest BCUT2D eigenvalue weighted by molar-refractivity contribution is 0.877. The summed E-state index contributed by atoms with van der Waals surface area (Å²) in [4.78, 5) is 5.29. The molecule has 0 spiro atoms. The van der Waals surface area contributed by atoms with E-state index in [-0.39, 0.29) is 6.04 Å². The molecule has 0 amide bonds. The summed E-state index contributed by atoms with van der Waals surface area (Å²) < 4.78 is 0. The van der Waals surface area contributed by atoms with Crippen LogP contribution < -0.4 is 5.73 Å². The summed E-state index contributed by atoms with van der Waals surface area (Å²) in [7, 11) is 0. The van der Waals surface area contributed by atoms with E-state index < -0.39 is 0 Å². The molecule has 0 fully saturated rings. The molecule has 15 heavy (non-hydrogen) atoms. The Kier molecular flexibility index (Phi) is 3.05. The first-order valence-electron chi connectivity index (χ1n) is 4.59. The van der Waals surface area contributed by atoms with Crippen LogP contribution in [0.25, 0.3) is 0 Å². The smallest absolute Gasteiger partial charge is 0.0798 e. The molecular formula is C11H11ClN2S. The van der Waals surface area contributed by atoms with Crippen molar-refractivity contribution < 1.29 is 0 Å². The number of benzene rings is 1. The highest BCUT2D eigenvalue weighted by molar-refractivity contribution is 7.09. The highest BCUT2D eigenvalue weighted by Gasteiger charge is 2.13. The highest BCUT2D eigenvalue weighted by atomic mass is 35.5. The van der Waals surface area contributed by atoms with Crippen molar-refractivity contribution in [3.63, 3.8) is 0 Å². The van der Waals surface area contributed by atoms with Gasteiger partial charge in [0.1, 0.15) is 0 Å². The third-order valence-electron chi connectivity index (χ3n) is 2.27. The van der Waals surface area contributed by atoms with Gasteiger partial charge in [0.15, 0.2) is 0 Å². The molecule has 0 bridgehead atoms. The summed E-state index contributed by atoms with van der Waals surface area (Å²) in [5.74, 6) is 0. The second-order valence-electron chi connectivity index (χ2n) is 3.33. The fraction of sp³-hybridized carbons (Fsp3) is 0.182. The second kappa shape index (κ2) is 4.31. The molecular weight excluding hydrogens is 228 g/mol. The van der Waals surface area contributed by atoms with Crippen LogP contribution >= 0.6 is 22.9 Å². The zero-order valence-corrected chi connectivity index (χ0v) is 9.85. The van der Waals surface area contributed by atoms with Crippen LogP contribution in [0.1, 0.15) is 22.2 Å². The number of thiazole rings is 1. The summed E-state index contributed by atoms with van der Waals surface area (Å²) in [6.45, 7) is 1.97. The van der Waals surface area contributed by atoms with Crippen molar-refractivity contribution in [1.29, 1.82) is 0 Å². The van der Waals surface area contributed by atoms with Gasteiger partial charge in [-0.3, -0.25) is 0 Å². The van der Waals surface area contributed by atoms with Gasteiger partial charge < -0.3 is 5.73 Å². The molecule has 1 atom stereocenters. The maximum atomic E-state index is 6.14. The Hall–Kier alpha value is -0.900. The van der Waals surface area contributed by atoms with Gasteiger partial charge in [0, 0.05) is 9.90 Å². The molecule has 2 N–H and O–H groups in total. The zero-order chi connectivity index (χ0) is 10.8. The number of nitrogens with zero attached hydrogens (tertiary/aromatic N) is 1. The minimum Gasteiger partial charge on any atom is -0.320 e. The zero-order valence-electron chi connectivity index (χ0n) is 8.27. The van der Waals surface area contributed by atoms with E-state index in [1.807, 2.05) is 36.7 Å². The third-order valence-corrected chi connectivity index (χ3v) is 3.52. The Morgan fingerprint density at radius 1 is 1.47 bits per heavy atom. The minimum absolute atomic E-state index is 0.129. The van der Waals surface area contributed by atoms with E-state index in [2.05, 4.69) is 4.98 Å². The minimum atomic E-state index is -0.129. The van der Waals surface area contributed by atoms with E-state index in [1.165, 1.54) is 0 Å². The SMILES string of the molecule is Cc1ncsc1C(N)c1cccc(Cl)c1. The maximum absolute atomic E-state index is 6.14. The third kappa shape index (κ3) is 2.20. The van der Waals surface area contributed by atoms with E-state index in [9.17, 15) is 0 Å². The van der Waals surface area contributed by atoms with Gasteiger partial charge in [0.2, 0.25) is 0 Å². The average molecular weight is 239 g/mol. The van der Waals surface area contributed by atoms with Crippen molar-refractivity contribution in [2.45, 2.75) is 13.0 Å². The van der Waals surface area contributed by atoms with Crippen LogP contribution in [0.4, 0.5) is 0 Å². The van der Waals surface area contributed by atoms with E-state index in [0.29, 0.717) is 5.02 Å². The van der Waals surface area contributed by atoms with Gasteiger partial charge >= 0.3 is 0 Å². The van der Waals surface area contributed by atoms with Crippen molar-refractivity contribution in [3.05, 3.63) is 50.9 Å². The van der Waals surface area contributed by atoms with Crippen LogP contribution in [0.5, 0.6) is 0 Å². The second-order valence-corrected chi connectivity index (χ2v) is 4.66. The average Bonchev–Trinajstić information content (AvgIpc) is 2.63. The van der Waals surface area contributed by atoms with Gasteiger partial charge in [-0.2, -0.15) is 0 Å². The molecule has 0 saturated heterocycles. The van der Waals surface area contributed by atoms with Crippen molar-refractivity contribution in [2.24, 2.45) is 5.73 Å². The van der Waals surface area contributed by atoms with E-state index in [0.717, 1.165) is 16.1 Å². The Morgan fingerprint density at radius 2 is 2.27 bits per heavy atom. The topological polar surface area (TPSA) is 38.9 Å². The highest BCUT2D eigenvalue weighted by Crippen LogP contribution is 2.26. The molecule has 2 aromatic rings. The van der Waals surface area contributed by atoms with Crippen LogP contribution in [-0.2, 0) is 0 Å². The van der Waals surface area contributed by atoms with Gasteiger partial charge in [0.05, 0.1) is 17.2 Å². The molecule has 78 valence electrons. The number of nitrogens with two attached hydrogens (primary N) is 1. The molecule has 1 aromatic carbocycles. The largest absolute Gasteiger partial charge is 0.320 e. The Bertz CT molecular complexity index is 467. The number of hydrogen-bond acceptors (Lipinski definition) is 3. The molecule has 0 aliphatic rings. The lowest BCUT2D eigenvalue weighted by Crippen LogP contribution is -2.11. The van der Waals surface area contributed by atoms with E-state index >= 15 is 0 Å². The Morgan fingerprint density at radius 3 is 2.87 bits per heavy atom. The van der Waals surface area contributed by atoms with Crippen molar-refractivity contribution in [2.75, 3.05) is 0 Å². The summed E-state index contributed by atoms with van der Waals surface area (Å²) in [6.07, 6.45) is 0. The van der Waals surface area contributed by atoms with Crippen LogP contribution in [0.2, 0.25) is 5.02 Å². The fourth-order valence-corrected chi connectivity index (χ4v) is 2.49. The molecule has 1 aromatic heterocycles. The van der Waals surface area contributed by atoms with Crippen LogP contribution in [0.3, 0.4) is 0 Å². The molecule has 0 radical (unpaired) electrons. The lowest BCUT2D eigenvalue weighted by atomic mass is 10.1. The first kappa shape index (κ1) is 10.6. The van der Waals surface area contributed by atoms with Gasteiger partial charge in [-0.1, -0.05) is 23.7 Å². The summed E-state index contributed by atoms with van der Waals surface area (Å²) >= 11 is 7.50. The maximum Gasteiger partial charge on any atom is 0.0798 e. The number of rotatable bonds is 2. The normalized spacial score (nSPS) is 12.7. The number of aryl methyl sites for hydroxylation is 1. The van der Waals surface area contributed by atoms with Crippen molar-refractivity contribution in [1.82, 2.24) is 4.98 Å². The van der Waals surface area contributed by atoms with E-state index in [1.54, 1.807) is 11.3 Å². The lowest BCUT2D eigenvalue weighted by Gasteiger charge is -2.10. The number of halogens is 1. The van der Waals surface area contributed by atoms with E-state index in [4.69, 9.17) is 17.3 Å². The van der Waals surface area contributed by atoms with Crippen LogP contribution in [-0.4, -0.2) is 4.98 Å². The summed E-state index contributed by atoms with van der Waals surface area (Å²) in [5.41, 5.74) is 9.97. The molecule has 0 saturated carbocycles. The quantitative estimate of drug-likeness (QED) is 0.873. The van der Waals surface area contributed by atoms with Crippen LogP contribution in [0.15, 0.2) is 29.8 Å². The molecule has 2 nitrogen and oxygen atoms in total. The standard InChI is InChI=1S/C11H11ClN2S/c1-7-11(15-6-14-7)10(13)8-3-2-4-9(12)5-8/h2-6,10H,13H2,1H3. The Balaban J connectivity index is 2.36.